The van der Waals surface area contributed by atoms with Gasteiger partial charge in [0.15, 0.2) is 5.65 Å². The number of carbonyl (C=O) groups excluding carboxylic acids is 1. The molecule has 7 nitrogen and oxygen atoms in total. The Balaban J connectivity index is 1.74. The number of pyridine rings is 1. The van der Waals surface area contributed by atoms with Crippen LogP contribution in [0.1, 0.15) is 65.3 Å². The van der Waals surface area contributed by atoms with Crippen LogP contribution in [0.15, 0.2) is 6.07 Å². The number of hydrogen-bond acceptors (Lipinski definition) is 6. The van der Waals surface area contributed by atoms with Crippen molar-refractivity contribution in [1.82, 2.24) is 25.0 Å². The highest BCUT2D eigenvalue weighted by atomic mass is 32.1. The van der Waals surface area contributed by atoms with Gasteiger partial charge < -0.3 is 0 Å². The van der Waals surface area contributed by atoms with E-state index in [9.17, 15) is 4.79 Å². The first-order chi connectivity index (χ1) is 11.9. The highest BCUT2D eigenvalue weighted by molar-refractivity contribution is 7.15. The molecule has 1 aliphatic rings. The Morgan fingerprint density at radius 1 is 1.36 bits per heavy atom. The molecule has 4 rings (SSSR count). The van der Waals surface area contributed by atoms with Crippen molar-refractivity contribution in [2.75, 3.05) is 5.32 Å². The average molecular weight is 356 g/mol. The fraction of sp³-hybridized carbons (Fsp3) is 0.471. The smallest absolute Gasteiger partial charge is 0.258 e. The quantitative estimate of drug-likeness (QED) is 0.774. The maximum atomic E-state index is 12.9. The number of amides is 1. The van der Waals surface area contributed by atoms with Crippen molar-refractivity contribution < 1.29 is 4.79 Å². The fourth-order valence-electron chi connectivity index (χ4n) is 2.88. The zero-order valence-corrected chi connectivity index (χ0v) is 15.5. The minimum atomic E-state index is -0.191. The predicted molar refractivity (Wildman–Crippen MR) is 97.2 cm³/mol. The van der Waals surface area contributed by atoms with Crippen LogP contribution >= 0.6 is 11.3 Å². The molecule has 1 saturated carbocycles. The summed E-state index contributed by atoms with van der Waals surface area (Å²) in [7, 11) is 1.85. The molecule has 1 fully saturated rings. The van der Waals surface area contributed by atoms with Gasteiger partial charge in [-0.25, -0.2) is 4.98 Å². The third-order valence-corrected chi connectivity index (χ3v) is 5.41. The molecule has 0 atom stereocenters. The summed E-state index contributed by atoms with van der Waals surface area (Å²) >= 11 is 1.46. The summed E-state index contributed by atoms with van der Waals surface area (Å²) in [5.74, 6) is 0.557. The molecular weight excluding hydrogens is 336 g/mol. The summed E-state index contributed by atoms with van der Waals surface area (Å²) in [5.41, 5.74) is 2.98. The Morgan fingerprint density at radius 3 is 2.80 bits per heavy atom. The monoisotopic (exact) mass is 356 g/mol. The molecule has 0 spiro atoms. The van der Waals surface area contributed by atoms with Gasteiger partial charge in [0.25, 0.3) is 5.91 Å². The van der Waals surface area contributed by atoms with Gasteiger partial charge in [-0.05, 0) is 31.7 Å². The Morgan fingerprint density at radius 2 is 2.12 bits per heavy atom. The molecule has 3 aromatic heterocycles. The Labute approximate surface area is 149 Å². The maximum Gasteiger partial charge on any atom is 0.258 e. The SMILES string of the molecule is Cc1nn(C)c2nc(C(C)C)cc(C(=O)Nc3nnc(C4CC4)s3)c12. The van der Waals surface area contributed by atoms with Gasteiger partial charge in [0.1, 0.15) is 5.01 Å². The van der Waals surface area contributed by atoms with Crippen molar-refractivity contribution in [3.05, 3.63) is 28.0 Å². The fourth-order valence-corrected chi connectivity index (χ4v) is 3.79. The number of nitrogens with zero attached hydrogens (tertiary/aromatic N) is 5. The summed E-state index contributed by atoms with van der Waals surface area (Å²) < 4.78 is 1.73. The van der Waals surface area contributed by atoms with E-state index in [4.69, 9.17) is 0 Å². The van der Waals surface area contributed by atoms with E-state index in [0.29, 0.717) is 16.6 Å². The van der Waals surface area contributed by atoms with Gasteiger partial charge in [0.2, 0.25) is 5.13 Å². The van der Waals surface area contributed by atoms with E-state index in [1.807, 2.05) is 20.0 Å². The molecule has 0 bridgehead atoms. The number of fused-ring (bicyclic) bond motifs is 1. The van der Waals surface area contributed by atoms with E-state index in [1.54, 1.807) is 4.68 Å². The molecule has 3 aromatic rings. The lowest BCUT2D eigenvalue weighted by Gasteiger charge is -2.09. The molecule has 3 heterocycles. The van der Waals surface area contributed by atoms with Crippen LogP contribution in [0.4, 0.5) is 5.13 Å². The van der Waals surface area contributed by atoms with Gasteiger partial charge in [0.05, 0.1) is 16.6 Å². The maximum absolute atomic E-state index is 12.9. The highest BCUT2D eigenvalue weighted by Crippen LogP contribution is 2.42. The molecule has 130 valence electrons. The van der Waals surface area contributed by atoms with Crippen LogP contribution in [0, 0.1) is 6.92 Å². The van der Waals surface area contributed by atoms with Crippen LogP contribution in [0.25, 0.3) is 11.0 Å². The molecule has 1 amide bonds. The topological polar surface area (TPSA) is 85.6 Å². The van der Waals surface area contributed by atoms with Gasteiger partial charge in [-0.1, -0.05) is 25.2 Å². The molecule has 1 aliphatic carbocycles. The molecule has 0 radical (unpaired) electrons. The van der Waals surface area contributed by atoms with E-state index in [1.165, 1.54) is 24.2 Å². The number of anilines is 1. The normalized spacial score (nSPS) is 14.4. The lowest BCUT2D eigenvalue weighted by atomic mass is 10.0. The molecule has 8 heteroatoms. The first kappa shape index (κ1) is 16.1. The predicted octanol–water partition coefficient (Wildman–Crippen LogP) is 3.38. The van der Waals surface area contributed by atoms with Crippen LogP contribution in [-0.2, 0) is 7.05 Å². The van der Waals surface area contributed by atoms with E-state index in [2.05, 4.69) is 39.4 Å². The molecule has 0 aliphatic heterocycles. The molecule has 0 saturated heterocycles. The summed E-state index contributed by atoms with van der Waals surface area (Å²) in [4.78, 5) is 17.6. The largest absolute Gasteiger partial charge is 0.296 e. The summed E-state index contributed by atoms with van der Waals surface area (Å²) in [6.45, 7) is 6.02. The van der Waals surface area contributed by atoms with Crippen LogP contribution in [0.5, 0.6) is 0 Å². The average Bonchev–Trinajstić information content (AvgIpc) is 3.25. The molecule has 0 unspecified atom stereocenters. The Hall–Kier alpha value is -2.35. The summed E-state index contributed by atoms with van der Waals surface area (Å²) in [5, 5.41) is 18.0. The number of rotatable bonds is 4. The van der Waals surface area contributed by atoms with Gasteiger partial charge in [-0.2, -0.15) is 5.10 Å². The van der Waals surface area contributed by atoms with Gasteiger partial charge >= 0.3 is 0 Å². The van der Waals surface area contributed by atoms with Crippen molar-refractivity contribution in [3.8, 4) is 0 Å². The number of hydrogen-bond donors (Lipinski definition) is 1. The number of aromatic nitrogens is 5. The van der Waals surface area contributed by atoms with Crippen LogP contribution in [0.3, 0.4) is 0 Å². The second-order valence-corrected chi connectivity index (χ2v) is 7.84. The zero-order valence-electron chi connectivity index (χ0n) is 14.7. The van der Waals surface area contributed by atoms with Crippen molar-refractivity contribution >= 4 is 33.4 Å². The first-order valence-corrected chi connectivity index (χ1v) is 9.24. The lowest BCUT2D eigenvalue weighted by molar-refractivity contribution is 0.102. The van der Waals surface area contributed by atoms with Gasteiger partial charge in [-0.15, -0.1) is 10.2 Å². The van der Waals surface area contributed by atoms with Crippen LogP contribution < -0.4 is 5.32 Å². The molecular formula is C17H20N6OS. The van der Waals surface area contributed by atoms with Gasteiger partial charge in [0, 0.05) is 18.7 Å². The van der Waals surface area contributed by atoms with Gasteiger partial charge in [-0.3, -0.25) is 14.8 Å². The second kappa shape index (κ2) is 5.87. The third-order valence-electron chi connectivity index (χ3n) is 4.41. The van der Waals surface area contributed by atoms with E-state index < -0.39 is 0 Å². The van der Waals surface area contributed by atoms with Crippen molar-refractivity contribution in [2.24, 2.45) is 7.05 Å². The molecule has 25 heavy (non-hydrogen) atoms. The minimum absolute atomic E-state index is 0.191. The minimum Gasteiger partial charge on any atom is -0.296 e. The summed E-state index contributed by atoms with van der Waals surface area (Å²) in [6, 6.07) is 1.86. The van der Waals surface area contributed by atoms with E-state index >= 15 is 0 Å². The highest BCUT2D eigenvalue weighted by Gasteiger charge is 2.28. The van der Waals surface area contributed by atoms with Crippen LogP contribution in [0.2, 0.25) is 0 Å². The second-order valence-electron chi connectivity index (χ2n) is 6.83. The van der Waals surface area contributed by atoms with Crippen molar-refractivity contribution in [1.29, 1.82) is 0 Å². The number of carbonyl (C=O) groups is 1. The number of aryl methyl sites for hydroxylation is 2. The molecule has 1 N–H and O–H groups in total. The first-order valence-electron chi connectivity index (χ1n) is 8.43. The Kier molecular flexibility index (Phi) is 3.79. The van der Waals surface area contributed by atoms with E-state index in [0.717, 1.165) is 27.4 Å². The lowest BCUT2D eigenvalue weighted by Crippen LogP contribution is -2.14. The van der Waals surface area contributed by atoms with E-state index in [-0.39, 0.29) is 11.8 Å². The third kappa shape index (κ3) is 2.90. The standard InChI is InChI=1S/C17H20N6OS/c1-8(2)12-7-11(13-9(3)22-23(4)14(13)18-12)15(24)19-17-21-20-16(25-17)10-5-6-10/h7-8,10H,5-6H2,1-4H3,(H,19,21,24). The summed E-state index contributed by atoms with van der Waals surface area (Å²) in [6.07, 6.45) is 2.33. The van der Waals surface area contributed by atoms with Crippen molar-refractivity contribution in [3.63, 3.8) is 0 Å². The van der Waals surface area contributed by atoms with Crippen molar-refractivity contribution in [2.45, 2.75) is 45.4 Å². The molecule has 0 aromatic carbocycles. The number of nitrogens with one attached hydrogen (secondary N) is 1. The zero-order chi connectivity index (χ0) is 17.7. The van der Waals surface area contributed by atoms with Crippen LogP contribution in [-0.4, -0.2) is 30.9 Å². The Bertz CT molecular complexity index is 969.